The number of fused-ring (bicyclic) bond motifs is 2. The fourth-order valence-electron chi connectivity index (χ4n) is 6.45. The molecule has 1 saturated heterocycles. The lowest BCUT2D eigenvalue weighted by Gasteiger charge is -2.39. The van der Waals surface area contributed by atoms with Gasteiger partial charge < -0.3 is 23.8 Å². The van der Waals surface area contributed by atoms with Crippen LogP contribution >= 0.6 is 23.4 Å². The van der Waals surface area contributed by atoms with Gasteiger partial charge in [-0.15, -0.1) is 0 Å². The molecule has 0 aliphatic carbocycles. The first kappa shape index (κ1) is 37.0. The second-order valence-corrected chi connectivity index (χ2v) is 14.2. The van der Waals surface area contributed by atoms with Gasteiger partial charge >= 0.3 is 24.1 Å². The number of esters is 3. The fourth-order valence-corrected chi connectivity index (χ4v) is 7.86. The van der Waals surface area contributed by atoms with E-state index < -0.39 is 65.8 Å². The number of ether oxygens (including phenoxy) is 4. The molecule has 0 amide bonds. The van der Waals surface area contributed by atoms with Crippen LogP contribution in [0.3, 0.4) is 0 Å². The van der Waals surface area contributed by atoms with Crippen LogP contribution < -0.4 is 4.90 Å². The molecule has 54 heavy (non-hydrogen) atoms. The summed E-state index contributed by atoms with van der Waals surface area (Å²) < 4.78 is 67.1. The van der Waals surface area contributed by atoms with E-state index in [1.54, 1.807) is 95.9 Å². The van der Waals surface area contributed by atoms with E-state index in [0.29, 0.717) is 10.6 Å². The van der Waals surface area contributed by atoms with Crippen LogP contribution in [0.1, 0.15) is 47.8 Å². The monoisotopic (exact) mass is 773 g/mol. The van der Waals surface area contributed by atoms with Crippen molar-refractivity contribution in [2.45, 2.75) is 54.4 Å². The Morgan fingerprint density at radius 2 is 1.28 bits per heavy atom. The number of anilines is 2. The van der Waals surface area contributed by atoms with Crippen molar-refractivity contribution in [1.82, 2.24) is 0 Å². The van der Waals surface area contributed by atoms with E-state index >= 15 is 0 Å². The molecule has 1 fully saturated rings. The minimum absolute atomic E-state index is 0.183. The van der Waals surface area contributed by atoms with E-state index in [9.17, 15) is 27.6 Å². The summed E-state index contributed by atoms with van der Waals surface area (Å²) in [6, 6.07) is 30.4. The first-order valence-corrected chi connectivity index (χ1v) is 18.0. The highest BCUT2D eigenvalue weighted by Gasteiger charge is 2.54. The molecule has 0 spiro atoms. The van der Waals surface area contributed by atoms with Crippen molar-refractivity contribution in [3.05, 3.63) is 154 Å². The van der Waals surface area contributed by atoms with E-state index in [0.717, 1.165) is 29.0 Å². The largest absolute Gasteiger partial charge is 0.459 e. The number of nitrogens with zero attached hydrogens (tertiary/aromatic N) is 1. The SMILES string of the molecule is Cc1cc(C)c2c(c1)N([C@@H]1O[C@H](COC(=O)c3ccccc3)[C@@H](OC(=O)c3ccccc3)[C@H]1OC(=O)c1ccccc1)c1cc(Cl)c(C(F)(F)F)cc1S2. The van der Waals surface area contributed by atoms with Gasteiger partial charge in [-0.25, -0.2) is 14.4 Å². The lowest BCUT2D eigenvalue weighted by Crippen LogP contribution is -2.47. The van der Waals surface area contributed by atoms with E-state index in [-0.39, 0.29) is 27.3 Å². The Kier molecular flexibility index (Phi) is 10.4. The third kappa shape index (κ3) is 7.54. The van der Waals surface area contributed by atoms with Gasteiger partial charge in [-0.05, 0) is 79.6 Å². The molecular weight excluding hydrogens is 743 g/mol. The lowest BCUT2D eigenvalue weighted by molar-refractivity contribution is -0.137. The molecule has 0 radical (unpaired) electrons. The minimum atomic E-state index is -4.75. The standard InChI is InChI=1S/C41H31ClF3NO7S/c1-23-18-24(2)36-31(19-23)46(30-21-29(42)28(41(43,44)45)20-33(30)54-36)37-35(53-40(49)27-16-10-5-11-17-27)34(52-39(48)26-14-8-4-9-15-26)32(51-37)22-50-38(47)25-12-6-3-7-13-25/h3-21,32,34-35,37H,22H2,1-2H3/t32-,34-,35-,37-/m1/s1. The zero-order chi connectivity index (χ0) is 38.1. The van der Waals surface area contributed by atoms with Crippen molar-refractivity contribution in [2.24, 2.45) is 0 Å². The van der Waals surface area contributed by atoms with Gasteiger partial charge in [-0.1, -0.05) is 84.0 Å². The smallest absolute Gasteiger partial charge is 0.417 e. The van der Waals surface area contributed by atoms with Gasteiger partial charge in [-0.3, -0.25) is 0 Å². The Labute approximate surface area is 317 Å². The number of alkyl halides is 3. The zero-order valence-electron chi connectivity index (χ0n) is 28.7. The molecular formula is C41H31ClF3NO7S. The van der Waals surface area contributed by atoms with E-state index in [2.05, 4.69) is 0 Å². The van der Waals surface area contributed by atoms with E-state index in [4.69, 9.17) is 30.5 Å². The van der Waals surface area contributed by atoms with Gasteiger partial charge in [0.1, 0.15) is 12.7 Å². The van der Waals surface area contributed by atoms with Crippen molar-refractivity contribution in [3.63, 3.8) is 0 Å². The highest BCUT2D eigenvalue weighted by molar-refractivity contribution is 7.99. The van der Waals surface area contributed by atoms with Crippen molar-refractivity contribution in [1.29, 1.82) is 0 Å². The maximum atomic E-state index is 14.2. The van der Waals surface area contributed by atoms with Crippen molar-refractivity contribution >= 4 is 52.6 Å². The number of hydrogen-bond donors (Lipinski definition) is 0. The summed E-state index contributed by atoms with van der Waals surface area (Å²) in [5.41, 5.74) is 1.97. The summed E-state index contributed by atoms with van der Waals surface area (Å²) >= 11 is 7.47. The van der Waals surface area contributed by atoms with Crippen LogP contribution in [0.4, 0.5) is 24.5 Å². The second kappa shape index (κ2) is 15.2. The molecule has 0 N–H and O–H groups in total. The molecule has 0 bridgehead atoms. The molecule has 2 aliphatic rings. The number of carbonyl (C=O) groups is 3. The topological polar surface area (TPSA) is 91.4 Å². The molecule has 2 heterocycles. The van der Waals surface area contributed by atoms with Crippen molar-refractivity contribution < 1.29 is 46.5 Å². The molecule has 4 atom stereocenters. The Morgan fingerprint density at radius 1 is 0.741 bits per heavy atom. The Morgan fingerprint density at radius 3 is 1.83 bits per heavy atom. The van der Waals surface area contributed by atoms with Gasteiger partial charge in [0, 0.05) is 9.79 Å². The van der Waals surface area contributed by atoms with Crippen LogP contribution in [0, 0.1) is 13.8 Å². The molecule has 0 aromatic heterocycles. The lowest BCUT2D eigenvalue weighted by atomic mass is 10.0. The first-order chi connectivity index (χ1) is 25.9. The number of rotatable bonds is 8. The molecule has 0 unspecified atom stereocenters. The zero-order valence-corrected chi connectivity index (χ0v) is 30.3. The van der Waals surface area contributed by atoms with Gasteiger partial charge in [0.2, 0.25) is 0 Å². The average molecular weight is 774 g/mol. The number of carbonyl (C=O) groups excluding carboxylic acids is 3. The molecule has 8 nitrogen and oxygen atoms in total. The summed E-state index contributed by atoms with van der Waals surface area (Å²) in [5.74, 6) is -2.24. The normalized spacial score (nSPS) is 19.0. The summed E-state index contributed by atoms with van der Waals surface area (Å²) in [5, 5.41) is -0.559. The Balaban J connectivity index is 1.37. The molecule has 5 aromatic rings. The van der Waals surface area contributed by atoms with Crippen LogP contribution in [0.15, 0.2) is 125 Å². The van der Waals surface area contributed by atoms with Crippen LogP contribution in [0.5, 0.6) is 0 Å². The summed E-state index contributed by atoms with van der Waals surface area (Å²) in [4.78, 5) is 43.1. The number of benzene rings is 5. The third-order valence-corrected chi connectivity index (χ3v) is 10.5. The molecule has 5 aromatic carbocycles. The van der Waals surface area contributed by atoms with Crippen LogP contribution in [-0.4, -0.2) is 49.1 Å². The van der Waals surface area contributed by atoms with Gasteiger partial charge in [0.05, 0.1) is 38.7 Å². The molecule has 0 saturated carbocycles. The Bertz CT molecular complexity index is 2210. The second-order valence-electron chi connectivity index (χ2n) is 12.7. The molecule has 276 valence electrons. The van der Waals surface area contributed by atoms with E-state index in [1.807, 2.05) is 26.0 Å². The summed E-state index contributed by atoms with van der Waals surface area (Å²) in [7, 11) is 0. The molecule has 2 aliphatic heterocycles. The predicted molar refractivity (Wildman–Crippen MR) is 195 cm³/mol. The van der Waals surface area contributed by atoms with Crippen LogP contribution in [0.2, 0.25) is 5.02 Å². The highest BCUT2D eigenvalue weighted by Crippen LogP contribution is 2.54. The molecule has 13 heteroatoms. The third-order valence-electron chi connectivity index (χ3n) is 8.92. The fraction of sp³-hybridized carbons (Fsp3) is 0.195. The van der Waals surface area contributed by atoms with Crippen LogP contribution in [0.25, 0.3) is 0 Å². The van der Waals surface area contributed by atoms with Gasteiger partial charge in [0.25, 0.3) is 0 Å². The number of halogens is 4. The van der Waals surface area contributed by atoms with Crippen molar-refractivity contribution in [2.75, 3.05) is 11.5 Å². The van der Waals surface area contributed by atoms with Gasteiger partial charge in [-0.2, -0.15) is 13.2 Å². The highest BCUT2D eigenvalue weighted by atomic mass is 35.5. The predicted octanol–water partition coefficient (Wildman–Crippen LogP) is 9.61. The summed E-state index contributed by atoms with van der Waals surface area (Å²) in [6.07, 6.45) is -10.1. The molecule has 7 rings (SSSR count). The maximum Gasteiger partial charge on any atom is 0.417 e. The Hall–Kier alpha value is -5.30. The minimum Gasteiger partial charge on any atom is -0.459 e. The number of aryl methyl sites for hydroxylation is 2. The average Bonchev–Trinajstić information content (AvgIpc) is 3.48. The van der Waals surface area contributed by atoms with E-state index in [1.165, 1.54) is 6.07 Å². The summed E-state index contributed by atoms with van der Waals surface area (Å²) in [6.45, 7) is 3.25. The maximum absolute atomic E-state index is 14.2. The number of hydrogen-bond acceptors (Lipinski definition) is 9. The van der Waals surface area contributed by atoms with Crippen LogP contribution in [-0.2, 0) is 25.1 Å². The van der Waals surface area contributed by atoms with Gasteiger partial charge in [0.15, 0.2) is 18.4 Å². The quantitative estimate of drug-likeness (QED) is 0.113. The van der Waals surface area contributed by atoms with Crippen molar-refractivity contribution in [3.8, 4) is 0 Å². The first-order valence-electron chi connectivity index (χ1n) is 16.8.